The van der Waals surface area contributed by atoms with E-state index >= 15 is 0 Å². The molecule has 3 aromatic rings. The molecule has 0 bridgehead atoms. The van der Waals surface area contributed by atoms with Crippen LogP contribution in [-0.4, -0.2) is 27.5 Å². The fourth-order valence-electron chi connectivity index (χ4n) is 3.80. The van der Waals surface area contributed by atoms with E-state index in [1.165, 1.54) is 23.9 Å². The Morgan fingerprint density at radius 3 is 2.43 bits per heavy atom. The van der Waals surface area contributed by atoms with Gasteiger partial charge in [0.15, 0.2) is 0 Å². The number of rotatable bonds is 3. The molecule has 1 aliphatic heterocycles. The summed E-state index contributed by atoms with van der Waals surface area (Å²) in [6.07, 6.45) is 2.40. The van der Waals surface area contributed by atoms with E-state index in [4.69, 9.17) is 4.98 Å². The maximum Gasteiger partial charge on any atom is 0.106 e. The van der Waals surface area contributed by atoms with E-state index < -0.39 is 0 Å². The summed E-state index contributed by atoms with van der Waals surface area (Å²) in [6, 6.07) is 19.9. The summed E-state index contributed by atoms with van der Waals surface area (Å²) in [5.74, 6) is 1.15. The number of piperidine rings is 1. The third-order valence-electron chi connectivity index (χ3n) is 4.94. The highest BCUT2D eigenvalue weighted by molar-refractivity contribution is 5.76. The zero-order valence-corrected chi connectivity index (χ0v) is 13.7. The topological polar surface area (TPSA) is 21.1 Å². The number of para-hydroxylation sites is 2. The van der Waals surface area contributed by atoms with Crippen LogP contribution in [0.3, 0.4) is 0 Å². The molecule has 0 amide bonds. The fraction of sp³-hybridized carbons (Fsp3) is 0.350. The van der Waals surface area contributed by atoms with Crippen molar-refractivity contribution in [3.05, 3.63) is 66.0 Å². The summed E-state index contributed by atoms with van der Waals surface area (Å²) in [5.41, 5.74) is 3.82. The Morgan fingerprint density at radius 1 is 0.957 bits per heavy atom. The monoisotopic (exact) mass is 305 g/mol. The van der Waals surface area contributed by atoms with Crippen molar-refractivity contribution < 1.29 is 0 Å². The van der Waals surface area contributed by atoms with Gasteiger partial charge in [0.1, 0.15) is 5.82 Å². The van der Waals surface area contributed by atoms with E-state index in [1.54, 1.807) is 0 Å². The van der Waals surface area contributed by atoms with Gasteiger partial charge in [-0.25, -0.2) is 4.98 Å². The fourth-order valence-corrected chi connectivity index (χ4v) is 3.80. The Kier molecular flexibility index (Phi) is 3.88. The van der Waals surface area contributed by atoms with Crippen LogP contribution in [0.25, 0.3) is 11.0 Å². The van der Waals surface area contributed by atoms with E-state index in [1.807, 2.05) is 0 Å². The third kappa shape index (κ3) is 2.89. The van der Waals surface area contributed by atoms with Crippen LogP contribution in [0.2, 0.25) is 0 Å². The molecule has 0 spiro atoms. The molecule has 3 heteroatoms. The van der Waals surface area contributed by atoms with E-state index in [2.05, 4.69) is 71.0 Å². The van der Waals surface area contributed by atoms with Crippen molar-refractivity contribution in [2.24, 2.45) is 0 Å². The van der Waals surface area contributed by atoms with Gasteiger partial charge < -0.3 is 4.57 Å². The third-order valence-corrected chi connectivity index (χ3v) is 4.94. The Balaban J connectivity index is 1.48. The molecule has 4 rings (SSSR count). The standard InChI is InChI=1S/C20H23N3/c1-16-21-19-9-5-6-10-20(19)23(16)18-11-13-22(14-12-18)15-17-7-3-2-4-8-17/h2-10,18H,11-15H2,1H3. The highest BCUT2D eigenvalue weighted by atomic mass is 15.2. The molecular formula is C20H23N3. The van der Waals surface area contributed by atoms with Crippen molar-refractivity contribution >= 4 is 11.0 Å². The van der Waals surface area contributed by atoms with Gasteiger partial charge in [0.25, 0.3) is 0 Å². The maximum absolute atomic E-state index is 4.72. The van der Waals surface area contributed by atoms with Crippen molar-refractivity contribution in [3.63, 3.8) is 0 Å². The quantitative estimate of drug-likeness (QED) is 0.724. The van der Waals surface area contributed by atoms with E-state index in [-0.39, 0.29) is 0 Å². The van der Waals surface area contributed by atoms with E-state index in [9.17, 15) is 0 Å². The largest absolute Gasteiger partial charge is 0.325 e. The van der Waals surface area contributed by atoms with Crippen LogP contribution < -0.4 is 0 Å². The minimum Gasteiger partial charge on any atom is -0.325 e. The molecule has 1 saturated heterocycles. The normalized spacial score (nSPS) is 16.9. The van der Waals surface area contributed by atoms with Gasteiger partial charge in [-0.05, 0) is 37.5 Å². The van der Waals surface area contributed by atoms with Gasteiger partial charge >= 0.3 is 0 Å². The lowest BCUT2D eigenvalue weighted by atomic mass is 10.0. The number of aromatic nitrogens is 2. The smallest absolute Gasteiger partial charge is 0.106 e. The summed E-state index contributed by atoms with van der Waals surface area (Å²) in [7, 11) is 0. The van der Waals surface area contributed by atoms with Crippen molar-refractivity contribution in [1.82, 2.24) is 14.5 Å². The number of likely N-dealkylation sites (tertiary alicyclic amines) is 1. The van der Waals surface area contributed by atoms with Crippen LogP contribution >= 0.6 is 0 Å². The van der Waals surface area contributed by atoms with Gasteiger partial charge in [-0.15, -0.1) is 0 Å². The van der Waals surface area contributed by atoms with Crippen molar-refractivity contribution in [3.8, 4) is 0 Å². The molecule has 1 aliphatic rings. The number of aryl methyl sites for hydroxylation is 1. The van der Waals surface area contributed by atoms with Gasteiger partial charge in [-0.3, -0.25) is 4.90 Å². The van der Waals surface area contributed by atoms with Crippen LogP contribution in [0.15, 0.2) is 54.6 Å². The minimum atomic E-state index is 0.578. The molecule has 0 atom stereocenters. The molecule has 2 heterocycles. The summed E-state index contributed by atoms with van der Waals surface area (Å²) >= 11 is 0. The van der Waals surface area contributed by atoms with Crippen molar-refractivity contribution in [1.29, 1.82) is 0 Å². The second-order valence-electron chi connectivity index (χ2n) is 6.51. The van der Waals surface area contributed by atoms with Gasteiger partial charge in [-0.2, -0.15) is 0 Å². The number of benzene rings is 2. The lowest BCUT2D eigenvalue weighted by Crippen LogP contribution is -2.34. The highest BCUT2D eigenvalue weighted by Crippen LogP contribution is 2.29. The molecular weight excluding hydrogens is 282 g/mol. The zero-order chi connectivity index (χ0) is 15.6. The van der Waals surface area contributed by atoms with Crippen molar-refractivity contribution in [2.75, 3.05) is 13.1 Å². The Bertz CT molecular complexity index is 783. The second kappa shape index (κ2) is 6.17. The van der Waals surface area contributed by atoms with Crippen molar-refractivity contribution in [2.45, 2.75) is 32.4 Å². The van der Waals surface area contributed by atoms with Crippen LogP contribution in [0.1, 0.15) is 30.3 Å². The first kappa shape index (κ1) is 14.5. The summed E-state index contributed by atoms with van der Waals surface area (Å²) in [6.45, 7) is 5.52. The van der Waals surface area contributed by atoms with Gasteiger partial charge in [0, 0.05) is 25.7 Å². The first-order valence-corrected chi connectivity index (χ1v) is 8.51. The first-order valence-electron chi connectivity index (χ1n) is 8.51. The van der Waals surface area contributed by atoms with Crippen LogP contribution in [0, 0.1) is 6.92 Å². The number of hydrogen-bond acceptors (Lipinski definition) is 2. The van der Waals surface area contributed by atoms with Crippen LogP contribution in [0.4, 0.5) is 0 Å². The minimum absolute atomic E-state index is 0.578. The molecule has 0 aliphatic carbocycles. The van der Waals surface area contributed by atoms with Gasteiger partial charge in [0.05, 0.1) is 11.0 Å². The average molecular weight is 305 g/mol. The average Bonchev–Trinajstić information content (AvgIpc) is 2.92. The molecule has 1 aromatic heterocycles. The SMILES string of the molecule is Cc1nc2ccccc2n1C1CCN(Cc2ccccc2)CC1. The molecule has 0 unspecified atom stereocenters. The Labute approximate surface area is 137 Å². The van der Waals surface area contributed by atoms with Crippen LogP contribution in [0.5, 0.6) is 0 Å². The number of fused-ring (bicyclic) bond motifs is 1. The molecule has 2 aromatic carbocycles. The summed E-state index contributed by atoms with van der Waals surface area (Å²) < 4.78 is 2.45. The number of hydrogen-bond donors (Lipinski definition) is 0. The predicted molar refractivity (Wildman–Crippen MR) is 94.5 cm³/mol. The second-order valence-corrected chi connectivity index (χ2v) is 6.51. The molecule has 23 heavy (non-hydrogen) atoms. The number of nitrogens with zero attached hydrogens (tertiary/aromatic N) is 3. The number of imidazole rings is 1. The van der Waals surface area contributed by atoms with Gasteiger partial charge in [-0.1, -0.05) is 42.5 Å². The van der Waals surface area contributed by atoms with E-state index in [0.717, 1.165) is 31.0 Å². The molecule has 0 N–H and O–H groups in total. The van der Waals surface area contributed by atoms with E-state index in [0.29, 0.717) is 6.04 Å². The van der Waals surface area contributed by atoms with Crippen LogP contribution in [-0.2, 0) is 6.54 Å². The van der Waals surface area contributed by atoms with Gasteiger partial charge in [0.2, 0.25) is 0 Å². The first-order chi connectivity index (χ1) is 11.3. The summed E-state index contributed by atoms with van der Waals surface area (Å²) in [5, 5.41) is 0. The molecule has 0 saturated carbocycles. The summed E-state index contributed by atoms with van der Waals surface area (Å²) in [4.78, 5) is 7.29. The maximum atomic E-state index is 4.72. The molecule has 3 nitrogen and oxygen atoms in total. The zero-order valence-electron chi connectivity index (χ0n) is 13.7. The predicted octanol–water partition coefficient (Wildman–Crippen LogP) is 4.18. The lowest BCUT2D eigenvalue weighted by Gasteiger charge is -2.33. The molecule has 0 radical (unpaired) electrons. The Hall–Kier alpha value is -2.13. The molecule has 118 valence electrons. The highest BCUT2D eigenvalue weighted by Gasteiger charge is 2.23. The molecule has 1 fully saturated rings. The lowest BCUT2D eigenvalue weighted by molar-refractivity contribution is 0.180. The Morgan fingerprint density at radius 2 is 1.65 bits per heavy atom.